The molecule has 2 aromatic heterocycles. The van der Waals surface area contributed by atoms with E-state index in [0.717, 1.165) is 26.0 Å². The van der Waals surface area contributed by atoms with Gasteiger partial charge in [-0.1, -0.05) is 36.4 Å². The summed E-state index contributed by atoms with van der Waals surface area (Å²) in [5.41, 5.74) is 2.65. The SMILES string of the molecule is COc1ccc(Cn2cnc3cc(-c4ccccc4)sc3c2=O)c(Br)c1OC. The summed E-state index contributed by atoms with van der Waals surface area (Å²) in [5, 5.41) is 0. The Balaban J connectivity index is 1.75. The largest absolute Gasteiger partial charge is 0.493 e. The minimum atomic E-state index is -0.0566. The monoisotopic (exact) mass is 456 g/mol. The lowest BCUT2D eigenvalue weighted by atomic mass is 10.2. The highest BCUT2D eigenvalue weighted by atomic mass is 79.9. The van der Waals surface area contributed by atoms with E-state index in [2.05, 4.69) is 20.9 Å². The number of halogens is 1. The second-order valence-corrected chi connectivity index (χ2v) is 7.99. The molecule has 142 valence electrons. The maximum Gasteiger partial charge on any atom is 0.271 e. The topological polar surface area (TPSA) is 53.4 Å². The highest BCUT2D eigenvalue weighted by Crippen LogP contribution is 2.38. The van der Waals surface area contributed by atoms with E-state index in [-0.39, 0.29) is 5.56 Å². The van der Waals surface area contributed by atoms with Crippen LogP contribution in [0.4, 0.5) is 0 Å². The minimum absolute atomic E-state index is 0.0566. The summed E-state index contributed by atoms with van der Waals surface area (Å²) in [6, 6.07) is 15.7. The Morgan fingerprint density at radius 1 is 1.11 bits per heavy atom. The quantitative estimate of drug-likeness (QED) is 0.426. The van der Waals surface area contributed by atoms with E-state index in [1.165, 1.54) is 11.3 Å². The van der Waals surface area contributed by atoms with Crippen molar-refractivity contribution in [2.75, 3.05) is 14.2 Å². The van der Waals surface area contributed by atoms with Crippen LogP contribution in [0, 0.1) is 0 Å². The van der Waals surface area contributed by atoms with Crippen LogP contribution in [0.25, 0.3) is 20.7 Å². The van der Waals surface area contributed by atoms with Gasteiger partial charge in [-0.15, -0.1) is 11.3 Å². The third kappa shape index (κ3) is 3.31. The maximum absolute atomic E-state index is 13.0. The zero-order chi connectivity index (χ0) is 19.7. The molecule has 0 saturated carbocycles. The molecular weight excluding hydrogens is 440 g/mol. The van der Waals surface area contributed by atoms with Gasteiger partial charge in [0.2, 0.25) is 0 Å². The van der Waals surface area contributed by atoms with Crippen LogP contribution in [0.1, 0.15) is 5.56 Å². The number of fused-ring (bicyclic) bond motifs is 1. The number of benzene rings is 2. The van der Waals surface area contributed by atoms with Gasteiger partial charge in [0.15, 0.2) is 11.5 Å². The van der Waals surface area contributed by atoms with Crippen LogP contribution >= 0.6 is 27.3 Å². The van der Waals surface area contributed by atoms with Gasteiger partial charge in [-0.2, -0.15) is 0 Å². The summed E-state index contributed by atoms with van der Waals surface area (Å²) < 4.78 is 13.8. The van der Waals surface area contributed by atoms with Crippen LogP contribution in [0.3, 0.4) is 0 Å². The molecule has 0 saturated heterocycles. The Morgan fingerprint density at radius 2 is 1.89 bits per heavy atom. The van der Waals surface area contributed by atoms with Crippen molar-refractivity contribution in [2.45, 2.75) is 6.54 Å². The third-order valence-electron chi connectivity index (χ3n) is 4.47. The number of aromatic nitrogens is 2. The number of nitrogens with zero attached hydrogens (tertiary/aromatic N) is 2. The predicted octanol–water partition coefficient (Wildman–Crippen LogP) is 4.95. The summed E-state index contributed by atoms with van der Waals surface area (Å²) in [6.45, 7) is 0.376. The molecule has 0 atom stereocenters. The van der Waals surface area contributed by atoms with Gasteiger partial charge in [-0.25, -0.2) is 4.98 Å². The highest BCUT2D eigenvalue weighted by molar-refractivity contribution is 9.10. The lowest BCUT2D eigenvalue weighted by Crippen LogP contribution is -2.20. The first-order valence-corrected chi connectivity index (χ1v) is 10.2. The van der Waals surface area contributed by atoms with Crippen LogP contribution in [0.5, 0.6) is 11.5 Å². The zero-order valence-electron chi connectivity index (χ0n) is 15.3. The van der Waals surface area contributed by atoms with E-state index in [0.29, 0.717) is 22.7 Å². The van der Waals surface area contributed by atoms with Gasteiger partial charge >= 0.3 is 0 Å². The summed E-state index contributed by atoms with van der Waals surface area (Å²) >= 11 is 5.03. The third-order valence-corrected chi connectivity index (χ3v) is 6.50. The molecular formula is C21H17BrN2O3S. The normalized spacial score (nSPS) is 11.0. The molecule has 2 aromatic carbocycles. The van der Waals surface area contributed by atoms with Gasteiger partial charge < -0.3 is 9.47 Å². The Kier molecular flexibility index (Phi) is 5.19. The molecule has 0 amide bonds. The number of methoxy groups -OCH3 is 2. The molecule has 4 rings (SSSR count). The summed E-state index contributed by atoms with van der Waals surface area (Å²) in [4.78, 5) is 18.6. The molecule has 0 N–H and O–H groups in total. The summed E-state index contributed by atoms with van der Waals surface area (Å²) in [7, 11) is 3.18. The Bertz CT molecular complexity index is 1200. The molecule has 0 spiro atoms. The van der Waals surface area contributed by atoms with Crippen molar-refractivity contribution < 1.29 is 9.47 Å². The van der Waals surface area contributed by atoms with E-state index in [9.17, 15) is 4.79 Å². The molecule has 0 unspecified atom stereocenters. The lowest BCUT2D eigenvalue weighted by molar-refractivity contribution is 0.352. The van der Waals surface area contributed by atoms with E-state index in [1.54, 1.807) is 25.1 Å². The zero-order valence-corrected chi connectivity index (χ0v) is 17.7. The van der Waals surface area contributed by atoms with Crippen molar-refractivity contribution >= 4 is 37.5 Å². The number of hydrogen-bond donors (Lipinski definition) is 0. The van der Waals surface area contributed by atoms with Gasteiger partial charge in [0, 0.05) is 4.88 Å². The van der Waals surface area contributed by atoms with Gasteiger partial charge in [0.05, 0.1) is 37.1 Å². The number of ether oxygens (including phenoxy) is 2. The molecule has 0 fully saturated rings. The molecule has 5 nitrogen and oxygen atoms in total. The van der Waals surface area contributed by atoms with Crippen molar-refractivity contribution in [3.05, 3.63) is 75.2 Å². The molecule has 0 aliphatic carbocycles. The van der Waals surface area contributed by atoms with E-state index in [4.69, 9.17) is 9.47 Å². The van der Waals surface area contributed by atoms with E-state index in [1.807, 2.05) is 48.5 Å². The van der Waals surface area contributed by atoms with Gasteiger partial charge in [-0.05, 0) is 39.2 Å². The Morgan fingerprint density at radius 3 is 2.61 bits per heavy atom. The smallest absolute Gasteiger partial charge is 0.271 e. The molecule has 4 aromatic rings. The van der Waals surface area contributed by atoms with E-state index < -0.39 is 0 Å². The van der Waals surface area contributed by atoms with Crippen molar-refractivity contribution in [1.82, 2.24) is 9.55 Å². The van der Waals surface area contributed by atoms with Crippen molar-refractivity contribution in [3.8, 4) is 21.9 Å². The standard InChI is InChI=1S/C21H17BrN2O3S/c1-26-16-9-8-14(18(22)19(16)27-2)11-24-12-23-15-10-17(28-20(15)21(24)25)13-6-4-3-5-7-13/h3-10,12H,11H2,1-2H3. The minimum Gasteiger partial charge on any atom is -0.493 e. The average Bonchev–Trinajstić information content (AvgIpc) is 3.17. The first kappa shape index (κ1) is 18.7. The van der Waals surface area contributed by atoms with E-state index >= 15 is 0 Å². The first-order valence-electron chi connectivity index (χ1n) is 8.56. The fraction of sp³-hybridized carbons (Fsp3) is 0.143. The number of hydrogen-bond acceptors (Lipinski definition) is 5. The molecule has 0 bridgehead atoms. The van der Waals surface area contributed by atoms with Crippen LogP contribution in [-0.4, -0.2) is 23.8 Å². The summed E-state index contributed by atoms with van der Waals surface area (Å²) in [5.74, 6) is 1.23. The van der Waals surface area contributed by atoms with Crippen molar-refractivity contribution in [1.29, 1.82) is 0 Å². The fourth-order valence-electron chi connectivity index (χ4n) is 3.04. The summed E-state index contributed by atoms with van der Waals surface area (Å²) in [6.07, 6.45) is 1.59. The average molecular weight is 457 g/mol. The fourth-order valence-corrected chi connectivity index (χ4v) is 4.72. The second-order valence-electron chi connectivity index (χ2n) is 6.14. The number of thiophene rings is 1. The molecule has 0 radical (unpaired) electrons. The maximum atomic E-state index is 13.0. The molecule has 7 heteroatoms. The molecule has 2 heterocycles. The highest BCUT2D eigenvalue weighted by Gasteiger charge is 2.15. The van der Waals surface area contributed by atoms with Crippen molar-refractivity contribution in [2.24, 2.45) is 0 Å². The van der Waals surface area contributed by atoms with Crippen LogP contribution < -0.4 is 15.0 Å². The molecule has 28 heavy (non-hydrogen) atoms. The lowest BCUT2D eigenvalue weighted by Gasteiger charge is -2.13. The van der Waals surface area contributed by atoms with Gasteiger partial charge in [0.25, 0.3) is 5.56 Å². The van der Waals surface area contributed by atoms with Gasteiger partial charge in [-0.3, -0.25) is 9.36 Å². The van der Waals surface area contributed by atoms with Gasteiger partial charge in [0.1, 0.15) is 4.70 Å². The molecule has 0 aliphatic rings. The van der Waals surface area contributed by atoms with Crippen LogP contribution in [-0.2, 0) is 6.54 Å². The first-order chi connectivity index (χ1) is 13.6. The van der Waals surface area contributed by atoms with Crippen molar-refractivity contribution in [3.63, 3.8) is 0 Å². The Labute approximate surface area is 174 Å². The van der Waals surface area contributed by atoms with Crippen LogP contribution in [0.15, 0.2) is 64.1 Å². The predicted molar refractivity (Wildman–Crippen MR) is 116 cm³/mol. The molecule has 0 aliphatic heterocycles. The number of rotatable bonds is 5. The second kappa shape index (κ2) is 7.77. The Hall–Kier alpha value is -2.64. The van der Waals surface area contributed by atoms with Crippen LogP contribution in [0.2, 0.25) is 0 Å².